The molecule has 1 aliphatic rings. The maximum Gasteiger partial charge on any atom is 0.319 e. The van der Waals surface area contributed by atoms with E-state index < -0.39 is 0 Å². The van der Waals surface area contributed by atoms with E-state index in [1.807, 2.05) is 18.9 Å². The highest BCUT2D eigenvalue weighted by molar-refractivity contribution is 7.09. The molecule has 0 N–H and O–H groups in total. The quantitative estimate of drug-likeness (QED) is 0.786. The minimum atomic E-state index is 0.129. The van der Waals surface area contributed by atoms with Crippen molar-refractivity contribution in [3.05, 3.63) is 16.1 Å². The van der Waals surface area contributed by atoms with E-state index in [1.54, 1.807) is 23.3 Å². The van der Waals surface area contributed by atoms with E-state index in [-0.39, 0.29) is 6.03 Å². The summed E-state index contributed by atoms with van der Waals surface area (Å²) in [5.74, 6) is 0.397. The number of nitrogens with zero attached hydrogens (tertiary/aromatic N) is 3. The molecule has 5 nitrogen and oxygen atoms in total. The Balaban J connectivity index is 1.89. The fourth-order valence-corrected chi connectivity index (χ4v) is 3.62. The Morgan fingerprint density at radius 1 is 1.62 bits per heavy atom. The lowest BCUT2D eigenvalue weighted by molar-refractivity contribution is 0.139. The molecule has 1 aromatic rings. The number of hydrogen-bond donors (Lipinski definition) is 0. The van der Waals surface area contributed by atoms with Gasteiger partial charge in [-0.25, -0.2) is 9.78 Å². The van der Waals surface area contributed by atoms with Crippen LogP contribution in [-0.2, 0) is 4.74 Å². The second-order valence-electron chi connectivity index (χ2n) is 5.66. The second-order valence-corrected chi connectivity index (χ2v) is 6.55. The molecule has 1 aromatic heterocycles. The maximum absolute atomic E-state index is 12.5. The van der Waals surface area contributed by atoms with Gasteiger partial charge in [-0.2, -0.15) is 0 Å². The number of amides is 2. The predicted molar refractivity (Wildman–Crippen MR) is 84.9 cm³/mol. The first kappa shape index (κ1) is 16.2. The SMILES string of the molecule is COCCCN(C)C(=O)N1CCC[C@@H](c2nc(C)cs2)C1. The van der Waals surface area contributed by atoms with E-state index in [4.69, 9.17) is 4.74 Å². The highest BCUT2D eigenvalue weighted by Gasteiger charge is 2.27. The molecule has 0 radical (unpaired) electrons. The summed E-state index contributed by atoms with van der Waals surface area (Å²) in [5.41, 5.74) is 1.08. The topological polar surface area (TPSA) is 45.7 Å². The van der Waals surface area contributed by atoms with Crippen molar-refractivity contribution in [3.63, 3.8) is 0 Å². The molecule has 0 saturated carbocycles. The van der Waals surface area contributed by atoms with Crippen LogP contribution in [0.3, 0.4) is 0 Å². The summed E-state index contributed by atoms with van der Waals surface area (Å²) >= 11 is 1.72. The van der Waals surface area contributed by atoms with Crippen molar-refractivity contribution in [2.75, 3.05) is 40.4 Å². The van der Waals surface area contributed by atoms with Crippen LogP contribution in [0.15, 0.2) is 5.38 Å². The van der Waals surface area contributed by atoms with Crippen LogP contribution in [0.25, 0.3) is 0 Å². The van der Waals surface area contributed by atoms with Gasteiger partial charge in [0.2, 0.25) is 0 Å². The van der Waals surface area contributed by atoms with Gasteiger partial charge in [-0.1, -0.05) is 0 Å². The van der Waals surface area contributed by atoms with E-state index in [0.29, 0.717) is 12.5 Å². The van der Waals surface area contributed by atoms with Crippen molar-refractivity contribution in [2.24, 2.45) is 0 Å². The Hall–Kier alpha value is -1.14. The standard InChI is InChI=1S/C15H25N3O2S/c1-12-11-21-14(16-12)13-6-4-8-18(10-13)15(19)17(2)7-5-9-20-3/h11,13H,4-10H2,1-3H3/t13-/m1/s1. The molecule has 2 amide bonds. The van der Waals surface area contributed by atoms with Gasteiger partial charge >= 0.3 is 6.03 Å². The van der Waals surface area contributed by atoms with E-state index in [1.165, 1.54) is 5.01 Å². The minimum Gasteiger partial charge on any atom is -0.385 e. The molecule has 1 fully saturated rings. The average molecular weight is 311 g/mol. The fraction of sp³-hybridized carbons (Fsp3) is 0.733. The summed E-state index contributed by atoms with van der Waals surface area (Å²) in [4.78, 5) is 20.8. The number of likely N-dealkylation sites (tertiary alicyclic amines) is 1. The largest absolute Gasteiger partial charge is 0.385 e. The van der Waals surface area contributed by atoms with Crippen LogP contribution in [0.4, 0.5) is 4.79 Å². The van der Waals surface area contributed by atoms with Crippen LogP contribution in [-0.4, -0.2) is 61.2 Å². The number of ether oxygens (including phenoxy) is 1. The Labute approximate surface area is 130 Å². The van der Waals surface area contributed by atoms with Crippen molar-refractivity contribution in [2.45, 2.75) is 32.1 Å². The Bertz CT molecular complexity index is 464. The number of carbonyl (C=O) groups excluding carboxylic acids is 1. The number of thiazole rings is 1. The van der Waals surface area contributed by atoms with Gasteiger partial charge in [0.1, 0.15) is 0 Å². The van der Waals surface area contributed by atoms with Crippen LogP contribution in [0.5, 0.6) is 0 Å². The van der Waals surface area contributed by atoms with Gasteiger partial charge in [-0.15, -0.1) is 11.3 Å². The molecule has 0 spiro atoms. The van der Waals surface area contributed by atoms with Crippen LogP contribution in [0.1, 0.15) is 35.9 Å². The number of carbonyl (C=O) groups is 1. The van der Waals surface area contributed by atoms with Crippen LogP contribution < -0.4 is 0 Å². The van der Waals surface area contributed by atoms with E-state index in [0.717, 1.165) is 44.6 Å². The van der Waals surface area contributed by atoms with Crippen LogP contribution in [0, 0.1) is 6.92 Å². The average Bonchev–Trinajstić information content (AvgIpc) is 2.93. The summed E-state index contributed by atoms with van der Waals surface area (Å²) < 4.78 is 5.04. The van der Waals surface area contributed by atoms with E-state index in [9.17, 15) is 4.79 Å². The Morgan fingerprint density at radius 3 is 3.10 bits per heavy atom. The number of hydrogen-bond acceptors (Lipinski definition) is 4. The van der Waals surface area contributed by atoms with Gasteiger partial charge < -0.3 is 14.5 Å². The van der Waals surface area contributed by atoms with Gasteiger partial charge in [-0.3, -0.25) is 0 Å². The minimum absolute atomic E-state index is 0.129. The number of aryl methyl sites for hydroxylation is 1. The van der Waals surface area contributed by atoms with Crippen molar-refractivity contribution in [1.82, 2.24) is 14.8 Å². The van der Waals surface area contributed by atoms with E-state index in [2.05, 4.69) is 10.4 Å². The summed E-state index contributed by atoms with van der Waals surface area (Å²) in [6, 6.07) is 0.129. The molecule has 1 atom stereocenters. The zero-order valence-corrected chi connectivity index (χ0v) is 14.0. The van der Waals surface area contributed by atoms with Crippen LogP contribution >= 0.6 is 11.3 Å². The van der Waals surface area contributed by atoms with Gasteiger partial charge in [0.15, 0.2) is 0 Å². The van der Waals surface area contributed by atoms with Crippen molar-refractivity contribution < 1.29 is 9.53 Å². The zero-order valence-electron chi connectivity index (χ0n) is 13.2. The molecule has 0 bridgehead atoms. The summed E-state index contributed by atoms with van der Waals surface area (Å²) in [5, 5.41) is 3.26. The van der Waals surface area contributed by atoms with Crippen molar-refractivity contribution in [3.8, 4) is 0 Å². The molecule has 0 aliphatic carbocycles. The molecular formula is C15H25N3O2S. The monoisotopic (exact) mass is 311 g/mol. The third kappa shape index (κ3) is 4.41. The molecule has 0 aromatic carbocycles. The second kappa shape index (κ2) is 7.75. The lowest BCUT2D eigenvalue weighted by Gasteiger charge is -2.34. The smallest absolute Gasteiger partial charge is 0.319 e. The number of aromatic nitrogens is 1. The number of urea groups is 1. The van der Waals surface area contributed by atoms with Gasteiger partial charge in [0.05, 0.1) is 5.01 Å². The summed E-state index contributed by atoms with van der Waals surface area (Å²) in [6.45, 7) is 5.10. The first-order chi connectivity index (χ1) is 10.1. The van der Waals surface area contributed by atoms with Gasteiger partial charge in [0, 0.05) is 57.4 Å². The molecule has 6 heteroatoms. The van der Waals surface area contributed by atoms with Gasteiger partial charge in [0.25, 0.3) is 0 Å². The lowest BCUT2D eigenvalue weighted by atomic mass is 9.99. The third-order valence-corrected chi connectivity index (χ3v) is 4.97. The number of rotatable bonds is 5. The third-order valence-electron chi connectivity index (χ3n) is 3.85. The molecule has 2 rings (SSSR count). The maximum atomic E-state index is 12.5. The number of piperidine rings is 1. The van der Waals surface area contributed by atoms with E-state index >= 15 is 0 Å². The lowest BCUT2D eigenvalue weighted by Crippen LogP contribution is -2.46. The molecule has 1 aliphatic heterocycles. The predicted octanol–water partition coefficient (Wildman–Crippen LogP) is 2.72. The normalized spacial score (nSPS) is 18.8. The highest BCUT2D eigenvalue weighted by Crippen LogP contribution is 2.29. The van der Waals surface area contributed by atoms with Crippen molar-refractivity contribution >= 4 is 17.4 Å². The Morgan fingerprint density at radius 2 is 2.43 bits per heavy atom. The first-order valence-electron chi connectivity index (χ1n) is 7.53. The molecule has 0 unspecified atom stereocenters. The molecule has 118 valence electrons. The molecule has 2 heterocycles. The summed E-state index contributed by atoms with van der Waals surface area (Å²) in [7, 11) is 3.56. The highest BCUT2D eigenvalue weighted by atomic mass is 32.1. The number of methoxy groups -OCH3 is 1. The Kier molecular flexibility index (Phi) is 5.99. The summed E-state index contributed by atoms with van der Waals surface area (Å²) in [6.07, 6.45) is 3.06. The molecule has 1 saturated heterocycles. The zero-order chi connectivity index (χ0) is 15.2. The van der Waals surface area contributed by atoms with Crippen molar-refractivity contribution in [1.29, 1.82) is 0 Å². The fourth-order valence-electron chi connectivity index (χ4n) is 2.70. The molecular weight excluding hydrogens is 286 g/mol. The first-order valence-corrected chi connectivity index (χ1v) is 8.40. The van der Waals surface area contributed by atoms with Crippen LogP contribution in [0.2, 0.25) is 0 Å². The molecule has 21 heavy (non-hydrogen) atoms. The van der Waals surface area contributed by atoms with Gasteiger partial charge in [-0.05, 0) is 26.2 Å².